The molecular weight excluding hydrogens is 277 g/mol. The zero-order valence-electron chi connectivity index (χ0n) is 11.9. The van der Waals surface area contributed by atoms with E-state index < -0.39 is 11.7 Å². The number of rotatable bonds is 4. The van der Waals surface area contributed by atoms with E-state index in [9.17, 15) is 13.2 Å². The van der Waals surface area contributed by atoms with Gasteiger partial charge in [-0.25, -0.2) is 0 Å². The van der Waals surface area contributed by atoms with E-state index in [0.29, 0.717) is 18.3 Å². The highest BCUT2D eigenvalue weighted by Gasteiger charge is 2.29. The van der Waals surface area contributed by atoms with Crippen LogP contribution in [0.15, 0.2) is 48.5 Å². The number of benzene rings is 2. The molecule has 1 nitrogen and oxygen atoms in total. The second-order valence-electron chi connectivity index (χ2n) is 5.21. The standard InChI is InChI=1S/C17H17F3O/c1-12(2)14-5-3-13(4-6-14)11-21-16-9-7-15(8-10-16)17(18,19)20/h3-10,12H,11H2,1-2H3. The lowest BCUT2D eigenvalue weighted by molar-refractivity contribution is -0.137. The third-order valence-corrected chi connectivity index (χ3v) is 3.23. The highest BCUT2D eigenvalue weighted by Crippen LogP contribution is 2.30. The number of hydrogen-bond acceptors (Lipinski definition) is 1. The van der Waals surface area contributed by atoms with E-state index in [4.69, 9.17) is 4.74 Å². The highest BCUT2D eigenvalue weighted by molar-refractivity contribution is 5.30. The lowest BCUT2D eigenvalue weighted by atomic mass is 10.0. The Morgan fingerprint density at radius 1 is 0.905 bits per heavy atom. The first kappa shape index (κ1) is 15.4. The zero-order valence-corrected chi connectivity index (χ0v) is 11.9. The van der Waals surface area contributed by atoms with E-state index in [1.54, 1.807) is 0 Å². The number of halogens is 3. The minimum absolute atomic E-state index is 0.337. The van der Waals surface area contributed by atoms with Gasteiger partial charge in [0.2, 0.25) is 0 Å². The molecule has 0 aliphatic rings. The summed E-state index contributed by atoms with van der Waals surface area (Å²) in [6.07, 6.45) is -4.31. The van der Waals surface area contributed by atoms with E-state index in [-0.39, 0.29) is 0 Å². The zero-order chi connectivity index (χ0) is 15.5. The van der Waals surface area contributed by atoms with Crippen LogP contribution in [0.4, 0.5) is 13.2 Å². The second kappa shape index (κ2) is 6.20. The molecule has 0 spiro atoms. The van der Waals surface area contributed by atoms with Crippen LogP contribution in [0.3, 0.4) is 0 Å². The van der Waals surface area contributed by atoms with Crippen molar-refractivity contribution in [1.29, 1.82) is 0 Å². The van der Waals surface area contributed by atoms with Crippen molar-refractivity contribution in [2.75, 3.05) is 0 Å². The van der Waals surface area contributed by atoms with Gasteiger partial charge in [0.1, 0.15) is 12.4 Å². The van der Waals surface area contributed by atoms with Crippen LogP contribution >= 0.6 is 0 Å². The van der Waals surface area contributed by atoms with Crippen molar-refractivity contribution in [2.45, 2.75) is 32.5 Å². The topological polar surface area (TPSA) is 9.23 Å². The Morgan fingerprint density at radius 3 is 1.95 bits per heavy atom. The minimum atomic E-state index is -4.31. The predicted octanol–water partition coefficient (Wildman–Crippen LogP) is 5.41. The van der Waals surface area contributed by atoms with Gasteiger partial charge in [0.25, 0.3) is 0 Å². The average Bonchev–Trinajstić information content (AvgIpc) is 2.45. The molecule has 0 N–H and O–H groups in total. The highest BCUT2D eigenvalue weighted by atomic mass is 19.4. The Balaban J connectivity index is 1.96. The van der Waals surface area contributed by atoms with Crippen LogP contribution in [-0.2, 0) is 12.8 Å². The summed E-state index contributed by atoms with van der Waals surface area (Å²) in [5, 5.41) is 0. The molecule has 0 bridgehead atoms. The maximum atomic E-state index is 12.4. The SMILES string of the molecule is CC(C)c1ccc(COc2ccc(C(F)(F)F)cc2)cc1. The van der Waals surface area contributed by atoms with Gasteiger partial charge in [-0.3, -0.25) is 0 Å². The van der Waals surface area contributed by atoms with Crippen molar-refractivity contribution in [3.8, 4) is 5.75 Å². The van der Waals surface area contributed by atoms with Crippen molar-refractivity contribution >= 4 is 0 Å². The van der Waals surface area contributed by atoms with E-state index in [1.807, 2.05) is 24.3 Å². The van der Waals surface area contributed by atoms with Gasteiger partial charge in [-0.05, 0) is 41.3 Å². The lowest BCUT2D eigenvalue weighted by Gasteiger charge is -2.10. The van der Waals surface area contributed by atoms with Gasteiger partial charge in [0.05, 0.1) is 5.56 Å². The van der Waals surface area contributed by atoms with Crippen molar-refractivity contribution in [2.24, 2.45) is 0 Å². The van der Waals surface area contributed by atoms with E-state index >= 15 is 0 Å². The molecule has 0 radical (unpaired) electrons. The maximum Gasteiger partial charge on any atom is 0.416 e. The smallest absolute Gasteiger partial charge is 0.416 e. The molecule has 0 aliphatic heterocycles. The largest absolute Gasteiger partial charge is 0.489 e. The van der Waals surface area contributed by atoms with Crippen molar-refractivity contribution in [3.05, 3.63) is 65.2 Å². The fraction of sp³-hybridized carbons (Fsp3) is 0.294. The lowest BCUT2D eigenvalue weighted by Crippen LogP contribution is -2.04. The van der Waals surface area contributed by atoms with Crippen LogP contribution in [-0.4, -0.2) is 0 Å². The van der Waals surface area contributed by atoms with E-state index in [2.05, 4.69) is 13.8 Å². The van der Waals surface area contributed by atoms with Crippen LogP contribution in [0.1, 0.15) is 36.5 Å². The van der Waals surface area contributed by atoms with Crippen molar-refractivity contribution in [1.82, 2.24) is 0 Å². The molecule has 0 saturated carbocycles. The van der Waals surface area contributed by atoms with Crippen LogP contribution in [0.2, 0.25) is 0 Å². The molecule has 2 aromatic carbocycles. The first-order valence-electron chi connectivity index (χ1n) is 6.75. The summed E-state index contributed by atoms with van der Waals surface area (Å²) in [6, 6.07) is 12.7. The van der Waals surface area contributed by atoms with Crippen LogP contribution in [0.5, 0.6) is 5.75 Å². The Hall–Kier alpha value is -1.97. The number of alkyl halides is 3. The molecule has 0 aromatic heterocycles. The summed E-state index contributed by atoms with van der Waals surface area (Å²) < 4.78 is 42.8. The fourth-order valence-corrected chi connectivity index (χ4v) is 1.91. The number of hydrogen-bond donors (Lipinski definition) is 0. The first-order chi connectivity index (χ1) is 9.86. The second-order valence-corrected chi connectivity index (χ2v) is 5.21. The Kier molecular flexibility index (Phi) is 4.56. The molecule has 21 heavy (non-hydrogen) atoms. The van der Waals surface area contributed by atoms with Gasteiger partial charge in [0, 0.05) is 0 Å². The Labute approximate surface area is 122 Å². The summed E-state index contributed by atoms with van der Waals surface area (Å²) >= 11 is 0. The molecule has 112 valence electrons. The number of ether oxygens (including phenoxy) is 1. The summed E-state index contributed by atoms with van der Waals surface area (Å²) in [5.41, 5.74) is 1.56. The molecule has 2 rings (SSSR count). The van der Waals surface area contributed by atoms with Crippen molar-refractivity contribution in [3.63, 3.8) is 0 Å². The molecule has 0 aliphatic carbocycles. The quantitative estimate of drug-likeness (QED) is 0.732. The van der Waals surface area contributed by atoms with Crippen LogP contribution in [0.25, 0.3) is 0 Å². The third-order valence-electron chi connectivity index (χ3n) is 3.23. The third kappa shape index (κ3) is 4.25. The Bertz CT molecular complexity index is 568. The normalized spacial score (nSPS) is 11.7. The molecule has 0 saturated heterocycles. The summed E-state index contributed by atoms with van der Waals surface area (Å²) in [6.45, 7) is 4.57. The molecule has 0 atom stereocenters. The molecule has 0 fully saturated rings. The van der Waals surface area contributed by atoms with Gasteiger partial charge in [-0.15, -0.1) is 0 Å². The molecule has 0 unspecified atom stereocenters. The van der Waals surface area contributed by atoms with Gasteiger partial charge in [-0.1, -0.05) is 38.1 Å². The van der Waals surface area contributed by atoms with Crippen LogP contribution in [0, 0.1) is 0 Å². The van der Waals surface area contributed by atoms with Crippen LogP contribution < -0.4 is 4.74 Å². The minimum Gasteiger partial charge on any atom is -0.489 e. The molecule has 0 amide bonds. The molecule has 0 heterocycles. The Morgan fingerprint density at radius 2 is 1.48 bits per heavy atom. The molecule has 2 aromatic rings. The van der Waals surface area contributed by atoms with E-state index in [0.717, 1.165) is 17.7 Å². The summed E-state index contributed by atoms with van der Waals surface area (Å²) in [7, 11) is 0. The van der Waals surface area contributed by atoms with Gasteiger partial charge in [-0.2, -0.15) is 13.2 Å². The molecule has 4 heteroatoms. The van der Waals surface area contributed by atoms with Gasteiger partial charge < -0.3 is 4.74 Å². The molecular formula is C17H17F3O. The van der Waals surface area contributed by atoms with Gasteiger partial charge >= 0.3 is 6.18 Å². The summed E-state index contributed by atoms with van der Waals surface area (Å²) in [5.74, 6) is 0.894. The van der Waals surface area contributed by atoms with Crippen molar-refractivity contribution < 1.29 is 17.9 Å². The van der Waals surface area contributed by atoms with E-state index in [1.165, 1.54) is 17.7 Å². The monoisotopic (exact) mass is 294 g/mol. The summed E-state index contributed by atoms with van der Waals surface area (Å²) in [4.78, 5) is 0. The fourth-order valence-electron chi connectivity index (χ4n) is 1.91. The van der Waals surface area contributed by atoms with Gasteiger partial charge in [0.15, 0.2) is 0 Å². The maximum absolute atomic E-state index is 12.4. The predicted molar refractivity (Wildman–Crippen MR) is 76.3 cm³/mol. The average molecular weight is 294 g/mol. The first-order valence-corrected chi connectivity index (χ1v) is 6.75.